The first-order valence-electron chi connectivity index (χ1n) is 7.59. The quantitative estimate of drug-likeness (QED) is 0.929. The van der Waals surface area contributed by atoms with E-state index in [1.165, 1.54) is 6.07 Å². The summed E-state index contributed by atoms with van der Waals surface area (Å²) in [6.45, 7) is 3.09. The molecule has 21 heavy (non-hydrogen) atoms. The summed E-state index contributed by atoms with van der Waals surface area (Å²) in [5.74, 6) is -0.274. The molecule has 0 saturated carbocycles. The van der Waals surface area contributed by atoms with Gasteiger partial charge in [0.15, 0.2) is 0 Å². The number of benzene rings is 1. The van der Waals surface area contributed by atoms with Crippen LogP contribution < -0.4 is 5.32 Å². The molecule has 1 amide bonds. The lowest BCUT2D eigenvalue weighted by Gasteiger charge is -2.31. The fourth-order valence-electron chi connectivity index (χ4n) is 3.09. The van der Waals surface area contributed by atoms with Crippen molar-refractivity contribution in [2.45, 2.75) is 44.5 Å². The van der Waals surface area contributed by atoms with Gasteiger partial charge in [-0.25, -0.2) is 4.39 Å². The number of ether oxygens (including phenoxy) is 1. The van der Waals surface area contributed by atoms with Crippen LogP contribution in [-0.4, -0.2) is 36.1 Å². The minimum absolute atomic E-state index is 0.0115. The van der Waals surface area contributed by atoms with E-state index in [0.717, 1.165) is 25.9 Å². The first kappa shape index (κ1) is 14.5. The second-order valence-corrected chi connectivity index (χ2v) is 5.79. The van der Waals surface area contributed by atoms with Crippen LogP contribution in [-0.2, 0) is 9.53 Å². The maximum absolute atomic E-state index is 14.0. The van der Waals surface area contributed by atoms with Crippen LogP contribution in [0.25, 0.3) is 0 Å². The average Bonchev–Trinajstić information content (AvgIpc) is 2.77. The molecule has 0 bridgehead atoms. The second-order valence-electron chi connectivity index (χ2n) is 5.79. The Bertz CT molecular complexity index is 517. The maximum atomic E-state index is 14.0. The van der Waals surface area contributed by atoms with Gasteiger partial charge in [-0.15, -0.1) is 0 Å². The molecule has 2 heterocycles. The zero-order valence-electron chi connectivity index (χ0n) is 12.2. The standard InChI is InChI=1S/C16H21FN2O2/c1-11-16(20)19(10-12-6-4-5-9-21-12)15(18-11)13-7-2-3-8-14(13)17/h2-3,7-8,11-12,15,18H,4-6,9-10H2,1H3. The van der Waals surface area contributed by atoms with Gasteiger partial charge < -0.3 is 9.64 Å². The summed E-state index contributed by atoms with van der Waals surface area (Å²) >= 11 is 0. The van der Waals surface area contributed by atoms with Gasteiger partial charge in [0.05, 0.1) is 12.1 Å². The molecule has 2 aliphatic heterocycles. The fourth-order valence-corrected chi connectivity index (χ4v) is 3.09. The van der Waals surface area contributed by atoms with Crippen LogP contribution in [0.1, 0.15) is 37.9 Å². The molecule has 2 saturated heterocycles. The number of carbonyl (C=O) groups excluding carboxylic acids is 1. The fraction of sp³-hybridized carbons (Fsp3) is 0.562. The number of nitrogens with zero attached hydrogens (tertiary/aromatic N) is 1. The van der Waals surface area contributed by atoms with Crippen LogP contribution in [0.5, 0.6) is 0 Å². The SMILES string of the molecule is CC1NC(c2ccccc2F)N(CC2CCCCO2)C1=O. The molecule has 0 aliphatic carbocycles. The number of hydrogen-bond donors (Lipinski definition) is 1. The van der Waals surface area contributed by atoms with Crippen LogP contribution in [0.15, 0.2) is 24.3 Å². The van der Waals surface area contributed by atoms with Gasteiger partial charge in [-0.2, -0.15) is 0 Å². The number of hydrogen-bond acceptors (Lipinski definition) is 3. The molecule has 114 valence electrons. The highest BCUT2D eigenvalue weighted by Gasteiger charge is 2.39. The van der Waals surface area contributed by atoms with Gasteiger partial charge in [0.2, 0.25) is 5.91 Å². The number of rotatable bonds is 3. The molecule has 3 atom stereocenters. The summed E-state index contributed by atoms with van der Waals surface area (Å²) in [6.07, 6.45) is 2.82. The van der Waals surface area contributed by atoms with Crippen LogP contribution in [0.2, 0.25) is 0 Å². The number of amides is 1. The van der Waals surface area contributed by atoms with Crippen LogP contribution in [0.3, 0.4) is 0 Å². The first-order chi connectivity index (χ1) is 10.2. The van der Waals surface area contributed by atoms with Gasteiger partial charge in [-0.3, -0.25) is 10.1 Å². The van der Waals surface area contributed by atoms with E-state index in [4.69, 9.17) is 4.74 Å². The third kappa shape index (κ3) is 2.94. The average molecular weight is 292 g/mol. The highest BCUT2D eigenvalue weighted by molar-refractivity contribution is 5.84. The summed E-state index contributed by atoms with van der Waals surface area (Å²) in [7, 11) is 0. The third-order valence-electron chi connectivity index (χ3n) is 4.25. The van der Waals surface area contributed by atoms with E-state index < -0.39 is 6.17 Å². The predicted molar refractivity (Wildman–Crippen MR) is 77.0 cm³/mol. The number of nitrogens with one attached hydrogen (secondary N) is 1. The van der Waals surface area contributed by atoms with Crippen molar-refractivity contribution in [3.8, 4) is 0 Å². The van der Waals surface area contributed by atoms with Crippen molar-refractivity contribution in [2.24, 2.45) is 0 Å². The Morgan fingerprint density at radius 1 is 1.38 bits per heavy atom. The van der Waals surface area contributed by atoms with E-state index in [2.05, 4.69) is 5.32 Å². The maximum Gasteiger partial charge on any atom is 0.241 e. The third-order valence-corrected chi connectivity index (χ3v) is 4.25. The summed E-state index contributed by atoms with van der Waals surface area (Å²) in [5, 5.41) is 3.18. The highest BCUT2D eigenvalue weighted by Crippen LogP contribution is 2.28. The zero-order valence-corrected chi connectivity index (χ0v) is 12.2. The Hall–Kier alpha value is -1.46. The molecular formula is C16H21FN2O2. The molecule has 5 heteroatoms. The molecular weight excluding hydrogens is 271 g/mol. The van der Waals surface area contributed by atoms with Gasteiger partial charge in [0, 0.05) is 18.7 Å². The number of halogens is 1. The lowest BCUT2D eigenvalue weighted by molar-refractivity contribution is -0.132. The molecule has 2 aliphatic rings. The summed E-state index contributed by atoms with van der Waals surface area (Å²) in [4.78, 5) is 14.1. The summed E-state index contributed by atoms with van der Waals surface area (Å²) in [5.41, 5.74) is 0.519. The van der Waals surface area contributed by atoms with Crippen molar-refractivity contribution < 1.29 is 13.9 Å². The van der Waals surface area contributed by atoms with Crippen LogP contribution in [0, 0.1) is 5.82 Å². The van der Waals surface area contributed by atoms with E-state index in [1.54, 1.807) is 23.1 Å². The van der Waals surface area contributed by atoms with Crippen molar-refractivity contribution in [3.63, 3.8) is 0 Å². The lowest BCUT2D eigenvalue weighted by atomic mass is 10.1. The molecule has 2 fully saturated rings. The van der Waals surface area contributed by atoms with Gasteiger partial charge in [0.1, 0.15) is 12.0 Å². The zero-order chi connectivity index (χ0) is 14.8. The van der Waals surface area contributed by atoms with Crippen LogP contribution >= 0.6 is 0 Å². The van der Waals surface area contributed by atoms with Gasteiger partial charge in [-0.05, 0) is 32.3 Å². The molecule has 1 N–H and O–H groups in total. The lowest BCUT2D eigenvalue weighted by Crippen LogP contribution is -2.39. The Morgan fingerprint density at radius 3 is 2.90 bits per heavy atom. The monoisotopic (exact) mass is 292 g/mol. The largest absolute Gasteiger partial charge is 0.376 e. The van der Waals surface area contributed by atoms with E-state index in [1.807, 2.05) is 6.92 Å². The molecule has 4 nitrogen and oxygen atoms in total. The molecule has 3 unspecified atom stereocenters. The predicted octanol–water partition coefficient (Wildman–Crippen LogP) is 2.21. The second kappa shape index (κ2) is 6.12. The summed E-state index contributed by atoms with van der Waals surface area (Å²) < 4.78 is 19.8. The molecule has 0 spiro atoms. The van der Waals surface area contributed by atoms with Gasteiger partial charge >= 0.3 is 0 Å². The Kier molecular flexibility index (Phi) is 4.22. The minimum atomic E-state index is -0.403. The van der Waals surface area contributed by atoms with Crippen molar-refractivity contribution in [2.75, 3.05) is 13.2 Å². The Morgan fingerprint density at radius 2 is 2.19 bits per heavy atom. The molecule has 3 rings (SSSR count). The van der Waals surface area contributed by atoms with Crippen molar-refractivity contribution in [3.05, 3.63) is 35.6 Å². The van der Waals surface area contributed by atoms with Crippen molar-refractivity contribution in [1.82, 2.24) is 10.2 Å². The topological polar surface area (TPSA) is 41.6 Å². The van der Waals surface area contributed by atoms with Gasteiger partial charge in [-0.1, -0.05) is 18.2 Å². The minimum Gasteiger partial charge on any atom is -0.376 e. The molecule has 1 aromatic carbocycles. The van der Waals surface area contributed by atoms with E-state index >= 15 is 0 Å². The normalized spacial score (nSPS) is 29.9. The molecule has 1 aromatic rings. The summed E-state index contributed by atoms with van der Waals surface area (Å²) in [6, 6.07) is 6.32. The Labute approximate surface area is 124 Å². The molecule has 0 aromatic heterocycles. The van der Waals surface area contributed by atoms with E-state index in [9.17, 15) is 9.18 Å². The van der Waals surface area contributed by atoms with Crippen molar-refractivity contribution in [1.29, 1.82) is 0 Å². The molecule has 0 radical (unpaired) electrons. The first-order valence-corrected chi connectivity index (χ1v) is 7.59. The van der Waals surface area contributed by atoms with Crippen molar-refractivity contribution >= 4 is 5.91 Å². The highest BCUT2D eigenvalue weighted by atomic mass is 19.1. The smallest absolute Gasteiger partial charge is 0.241 e. The Balaban J connectivity index is 1.81. The van der Waals surface area contributed by atoms with Gasteiger partial charge in [0.25, 0.3) is 0 Å². The number of carbonyl (C=O) groups is 1. The van der Waals surface area contributed by atoms with E-state index in [-0.39, 0.29) is 23.9 Å². The van der Waals surface area contributed by atoms with Crippen LogP contribution in [0.4, 0.5) is 4.39 Å². The van der Waals surface area contributed by atoms with E-state index in [0.29, 0.717) is 12.1 Å².